The van der Waals surface area contributed by atoms with Gasteiger partial charge in [-0.15, -0.1) is 0 Å². The predicted molar refractivity (Wildman–Crippen MR) is 121 cm³/mol. The molecule has 2 aromatic rings. The number of carbonyl (C=O) groups is 1. The lowest BCUT2D eigenvalue weighted by Gasteiger charge is -2.39. The Balaban J connectivity index is 1.51. The first-order chi connectivity index (χ1) is 15.6. The van der Waals surface area contributed by atoms with Crippen molar-refractivity contribution in [3.8, 4) is 0 Å². The number of sulfonamides is 1. The van der Waals surface area contributed by atoms with Crippen molar-refractivity contribution in [1.29, 1.82) is 0 Å². The second-order valence-electron chi connectivity index (χ2n) is 8.38. The number of aromatic nitrogens is 1. The van der Waals surface area contributed by atoms with Crippen LogP contribution in [-0.4, -0.2) is 92.8 Å². The first kappa shape index (κ1) is 23.9. The molecule has 1 atom stereocenters. The molecule has 1 aromatic heterocycles. The van der Waals surface area contributed by atoms with Gasteiger partial charge < -0.3 is 9.42 Å². The summed E-state index contributed by atoms with van der Waals surface area (Å²) in [6.07, 6.45) is 0. The highest BCUT2D eigenvalue weighted by atomic mass is 32.2. The number of piperazine rings is 1. The van der Waals surface area contributed by atoms with E-state index in [9.17, 15) is 21.6 Å². The van der Waals surface area contributed by atoms with Crippen molar-refractivity contribution in [1.82, 2.24) is 19.3 Å². The van der Waals surface area contributed by atoms with E-state index in [-0.39, 0.29) is 67.3 Å². The van der Waals surface area contributed by atoms with Crippen LogP contribution in [0, 0.1) is 13.8 Å². The largest absolute Gasteiger partial charge is 0.360 e. The van der Waals surface area contributed by atoms with Crippen molar-refractivity contribution in [2.45, 2.75) is 24.8 Å². The Morgan fingerprint density at radius 1 is 1.00 bits per heavy atom. The second-order valence-corrected chi connectivity index (χ2v) is 12.6. The van der Waals surface area contributed by atoms with Gasteiger partial charge in [0.05, 0.1) is 11.5 Å². The number of benzene rings is 1. The second kappa shape index (κ2) is 9.16. The fraction of sp³-hybridized carbons (Fsp3) is 0.524. The highest BCUT2D eigenvalue weighted by Gasteiger charge is 2.38. The first-order valence-electron chi connectivity index (χ1n) is 10.8. The molecule has 2 aliphatic heterocycles. The fourth-order valence-electron chi connectivity index (χ4n) is 4.42. The third-order valence-corrected chi connectivity index (χ3v) is 9.96. The fourth-order valence-corrected chi connectivity index (χ4v) is 7.37. The van der Waals surface area contributed by atoms with Crippen LogP contribution in [0.1, 0.15) is 23.1 Å². The van der Waals surface area contributed by atoms with Gasteiger partial charge in [-0.2, -0.15) is 4.31 Å². The van der Waals surface area contributed by atoms with Gasteiger partial charge in [-0.05, 0) is 19.4 Å². The van der Waals surface area contributed by atoms with Crippen LogP contribution in [-0.2, 0) is 24.7 Å². The van der Waals surface area contributed by atoms with Crippen LogP contribution in [0.3, 0.4) is 0 Å². The highest BCUT2D eigenvalue weighted by Crippen LogP contribution is 2.28. The number of hydrogen-bond donors (Lipinski definition) is 0. The van der Waals surface area contributed by atoms with Crippen LogP contribution in [0.2, 0.25) is 0 Å². The van der Waals surface area contributed by atoms with Crippen LogP contribution in [0.15, 0.2) is 39.8 Å². The summed E-state index contributed by atoms with van der Waals surface area (Å²) in [5, 5.41) is 3.75. The molecule has 0 bridgehead atoms. The van der Waals surface area contributed by atoms with E-state index in [1.54, 1.807) is 18.7 Å². The number of nitrogens with zero attached hydrogens (tertiary/aromatic N) is 4. The Morgan fingerprint density at radius 2 is 1.61 bits per heavy atom. The molecule has 0 aliphatic carbocycles. The summed E-state index contributed by atoms with van der Waals surface area (Å²) < 4.78 is 56.4. The number of amides is 1. The van der Waals surface area contributed by atoms with Crippen molar-refractivity contribution >= 4 is 25.8 Å². The Hall–Kier alpha value is -2.28. The van der Waals surface area contributed by atoms with E-state index in [1.807, 2.05) is 35.2 Å². The molecule has 3 heterocycles. The van der Waals surface area contributed by atoms with Crippen molar-refractivity contribution < 1.29 is 26.2 Å². The van der Waals surface area contributed by atoms with Crippen molar-refractivity contribution in [3.63, 3.8) is 0 Å². The maximum Gasteiger partial charge on any atom is 0.248 e. The van der Waals surface area contributed by atoms with Gasteiger partial charge in [0, 0.05) is 39.3 Å². The van der Waals surface area contributed by atoms with Crippen LogP contribution in [0.25, 0.3) is 0 Å². The summed E-state index contributed by atoms with van der Waals surface area (Å²) in [6, 6.07) is 8.69. The standard InChI is InChI=1S/C21H28N4O6S2/c1-16-20(17(2)31-22-16)33(29,30)25-10-8-24(9-11-25)21(26)19(18-6-4-3-5-7-18)23-12-14-32(27,28)15-13-23/h3-7,19H,8-15H2,1-2H3. The zero-order valence-corrected chi connectivity index (χ0v) is 20.3. The number of hydrogen-bond acceptors (Lipinski definition) is 8. The summed E-state index contributed by atoms with van der Waals surface area (Å²) in [5.74, 6) is 0.144. The van der Waals surface area contributed by atoms with E-state index < -0.39 is 25.9 Å². The molecule has 0 N–H and O–H groups in total. The number of sulfone groups is 1. The molecule has 180 valence electrons. The average molecular weight is 497 g/mol. The summed E-state index contributed by atoms with van der Waals surface area (Å²) in [6.45, 7) is 4.54. The maximum atomic E-state index is 13.6. The molecule has 2 fully saturated rings. The summed E-state index contributed by atoms with van der Waals surface area (Å²) in [5.41, 5.74) is 1.11. The minimum atomic E-state index is -3.77. The summed E-state index contributed by atoms with van der Waals surface area (Å²) >= 11 is 0. The van der Waals surface area contributed by atoms with Crippen LogP contribution < -0.4 is 0 Å². The zero-order chi connectivity index (χ0) is 23.8. The SMILES string of the molecule is Cc1noc(C)c1S(=O)(=O)N1CCN(C(=O)C(c2ccccc2)N2CCS(=O)(=O)CC2)CC1. The maximum absolute atomic E-state index is 13.6. The van der Waals surface area contributed by atoms with E-state index in [0.29, 0.717) is 5.69 Å². The quantitative estimate of drug-likeness (QED) is 0.590. The van der Waals surface area contributed by atoms with Gasteiger partial charge in [0.15, 0.2) is 15.6 Å². The van der Waals surface area contributed by atoms with Gasteiger partial charge >= 0.3 is 0 Å². The topological polar surface area (TPSA) is 121 Å². The van der Waals surface area contributed by atoms with Gasteiger partial charge in [-0.1, -0.05) is 35.5 Å². The highest BCUT2D eigenvalue weighted by molar-refractivity contribution is 7.91. The molecular formula is C21H28N4O6S2. The molecule has 0 spiro atoms. The minimum Gasteiger partial charge on any atom is -0.360 e. The molecular weight excluding hydrogens is 468 g/mol. The molecule has 2 saturated heterocycles. The van der Waals surface area contributed by atoms with Gasteiger partial charge in [0.1, 0.15) is 16.6 Å². The summed E-state index contributed by atoms with van der Waals surface area (Å²) in [4.78, 5) is 17.3. The lowest BCUT2D eigenvalue weighted by molar-refractivity contribution is -0.138. The molecule has 0 radical (unpaired) electrons. The predicted octanol–water partition coefficient (Wildman–Crippen LogP) is 0.596. The number of aryl methyl sites for hydroxylation is 2. The van der Waals surface area contributed by atoms with Gasteiger partial charge in [-0.25, -0.2) is 16.8 Å². The lowest BCUT2D eigenvalue weighted by atomic mass is 10.0. The Labute approximate surface area is 194 Å². The van der Waals surface area contributed by atoms with E-state index in [0.717, 1.165) is 5.56 Å². The molecule has 12 heteroatoms. The zero-order valence-electron chi connectivity index (χ0n) is 18.7. The Morgan fingerprint density at radius 3 is 2.15 bits per heavy atom. The van der Waals surface area contributed by atoms with Crippen molar-refractivity contribution in [3.05, 3.63) is 47.3 Å². The molecule has 2 aliphatic rings. The Kier molecular flexibility index (Phi) is 6.63. The number of carbonyl (C=O) groups excluding carboxylic acids is 1. The smallest absolute Gasteiger partial charge is 0.248 e. The van der Waals surface area contributed by atoms with E-state index in [1.165, 1.54) is 4.31 Å². The van der Waals surface area contributed by atoms with Gasteiger partial charge in [0.2, 0.25) is 15.9 Å². The molecule has 0 saturated carbocycles. The van der Waals surface area contributed by atoms with Crippen molar-refractivity contribution in [2.24, 2.45) is 0 Å². The van der Waals surface area contributed by atoms with E-state index in [4.69, 9.17) is 4.52 Å². The molecule has 33 heavy (non-hydrogen) atoms. The molecule has 10 nitrogen and oxygen atoms in total. The number of rotatable bonds is 5. The van der Waals surface area contributed by atoms with E-state index >= 15 is 0 Å². The third kappa shape index (κ3) is 4.84. The monoisotopic (exact) mass is 496 g/mol. The Bertz CT molecular complexity index is 1190. The van der Waals surface area contributed by atoms with Gasteiger partial charge in [-0.3, -0.25) is 9.69 Å². The molecule has 4 rings (SSSR count). The van der Waals surface area contributed by atoms with E-state index in [2.05, 4.69) is 5.16 Å². The minimum absolute atomic E-state index is 0.0209. The van der Waals surface area contributed by atoms with Crippen molar-refractivity contribution in [2.75, 3.05) is 50.8 Å². The van der Waals surface area contributed by atoms with Crippen LogP contribution in [0.4, 0.5) is 0 Å². The average Bonchev–Trinajstić information content (AvgIpc) is 3.14. The molecule has 1 unspecified atom stereocenters. The normalized spacial score (nSPS) is 21.1. The first-order valence-corrected chi connectivity index (χ1v) is 14.1. The summed E-state index contributed by atoms with van der Waals surface area (Å²) in [7, 11) is -6.86. The van der Waals surface area contributed by atoms with Gasteiger partial charge in [0.25, 0.3) is 0 Å². The van der Waals surface area contributed by atoms with Crippen LogP contribution >= 0.6 is 0 Å². The third-order valence-electron chi connectivity index (χ3n) is 6.21. The lowest BCUT2D eigenvalue weighted by Crippen LogP contribution is -2.54. The molecule has 1 aromatic carbocycles. The molecule has 1 amide bonds. The van der Waals surface area contributed by atoms with Crippen LogP contribution in [0.5, 0.6) is 0 Å².